The Bertz CT molecular complexity index is 285. The molecule has 1 rings (SSSR count). The molecule has 4 heteroatoms. The molecule has 2 atom stereocenters. The minimum absolute atomic E-state index is 0.466. The van der Waals surface area contributed by atoms with Crippen LogP contribution >= 0.6 is 11.3 Å². The zero-order valence-corrected chi connectivity index (χ0v) is 10.9. The molecule has 0 saturated carbocycles. The van der Waals surface area contributed by atoms with Crippen LogP contribution in [0.5, 0.6) is 0 Å². The van der Waals surface area contributed by atoms with E-state index in [9.17, 15) is 0 Å². The van der Waals surface area contributed by atoms with E-state index in [1.54, 1.807) is 11.3 Å². The van der Waals surface area contributed by atoms with E-state index < -0.39 is 0 Å². The van der Waals surface area contributed by atoms with Crippen LogP contribution in [0.2, 0.25) is 0 Å². The molecule has 0 bridgehead atoms. The van der Waals surface area contributed by atoms with Gasteiger partial charge in [-0.05, 0) is 26.3 Å². The highest BCUT2D eigenvalue weighted by Crippen LogP contribution is 2.23. The van der Waals surface area contributed by atoms with Crippen molar-refractivity contribution in [3.8, 4) is 0 Å². The first-order valence-electron chi connectivity index (χ1n) is 5.72. The Hall–Kier alpha value is -0.480. The molecule has 2 unspecified atom stereocenters. The Morgan fingerprint density at radius 3 is 2.53 bits per heavy atom. The van der Waals surface area contributed by atoms with E-state index in [0.29, 0.717) is 12.0 Å². The second-order valence-electron chi connectivity index (χ2n) is 3.92. The number of nitrogens with zero attached hydrogens (tertiary/aromatic N) is 2. The lowest BCUT2D eigenvalue weighted by molar-refractivity contribution is 0.436. The predicted molar refractivity (Wildman–Crippen MR) is 65.4 cm³/mol. The molecule has 1 N–H and O–H groups in total. The summed E-state index contributed by atoms with van der Waals surface area (Å²) in [6.07, 6.45) is 2.32. The molecule has 0 radical (unpaired) electrons. The number of hydrogen-bond acceptors (Lipinski definition) is 4. The maximum Gasteiger partial charge on any atom is 0.121 e. The largest absolute Gasteiger partial charge is 0.313 e. The number of aromatic nitrogens is 2. The molecule has 0 aliphatic heterocycles. The highest BCUT2D eigenvalue weighted by molar-refractivity contribution is 7.11. The first-order valence-corrected chi connectivity index (χ1v) is 6.54. The van der Waals surface area contributed by atoms with Crippen molar-refractivity contribution in [3.63, 3.8) is 0 Å². The number of hydrogen-bond donors (Lipinski definition) is 1. The van der Waals surface area contributed by atoms with Crippen LogP contribution in [-0.2, 0) is 0 Å². The van der Waals surface area contributed by atoms with E-state index in [1.165, 1.54) is 6.42 Å². The van der Waals surface area contributed by atoms with Gasteiger partial charge in [0.05, 0.1) is 0 Å². The van der Waals surface area contributed by atoms with Gasteiger partial charge in [-0.2, -0.15) is 0 Å². The maximum atomic E-state index is 4.22. The quantitative estimate of drug-likeness (QED) is 0.812. The summed E-state index contributed by atoms with van der Waals surface area (Å²) < 4.78 is 0. The molecule has 1 heterocycles. The molecule has 0 aromatic carbocycles. The van der Waals surface area contributed by atoms with Gasteiger partial charge in [0, 0.05) is 12.0 Å². The van der Waals surface area contributed by atoms with Crippen LogP contribution in [0.15, 0.2) is 0 Å². The highest BCUT2D eigenvalue weighted by atomic mass is 32.1. The molecule has 0 spiro atoms. The standard InChI is InChI=1S/C11H21N3S/c1-5-7-12-10(6-2)8(3)11-14-13-9(4)15-11/h8,10,12H,5-7H2,1-4H3. The Morgan fingerprint density at radius 2 is 2.07 bits per heavy atom. The summed E-state index contributed by atoms with van der Waals surface area (Å²) in [5, 5.41) is 14.1. The summed E-state index contributed by atoms with van der Waals surface area (Å²) in [6, 6.07) is 0.525. The van der Waals surface area contributed by atoms with E-state index in [-0.39, 0.29) is 0 Å². The molecule has 1 aromatic heterocycles. The van der Waals surface area contributed by atoms with E-state index in [1.807, 2.05) is 6.92 Å². The average molecular weight is 227 g/mol. The van der Waals surface area contributed by atoms with Gasteiger partial charge >= 0.3 is 0 Å². The average Bonchev–Trinajstić information content (AvgIpc) is 2.65. The molecular weight excluding hydrogens is 206 g/mol. The monoisotopic (exact) mass is 227 g/mol. The van der Waals surface area contributed by atoms with Crippen LogP contribution < -0.4 is 5.32 Å². The van der Waals surface area contributed by atoms with Crippen molar-refractivity contribution in [2.45, 2.75) is 52.5 Å². The second-order valence-corrected chi connectivity index (χ2v) is 5.13. The van der Waals surface area contributed by atoms with Crippen molar-refractivity contribution in [2.75, 3.05) is 6.54 Å². The van der Waals surface area contributed by atoms with Crippen molar-refractivity contribution in [1.29, 1.82) is 0 Å². The van der Waals surface area contributed by atoms with E-state index >= 15 is 0 Å². The third kappa shape index (κ3) is 3.54. The van der Waals surface area contributed by atoms with Gasteiger partial charge in [-0.3, -0.25) is 0 Å². The van der Waals surface area contributed by atoms with Gasteiger partial charge in [-0.1, -0.05) is 20.8 Å². The molecular formula is C11H21N3S. The van der Waals surface area contributed by atoms with Gasteiger partial charge in [0.1, 0.15) is 10.0 Å². The first-order chi connectivity index (χ1) is 7.19. The van der Waals surface area contributed by atoms with Crippen molar-refractivity contribution < 1.29 is 0 Å². The Labute approximate surface area is 96.3 Å². The van der Waals surface area contributed by atoms with Gasteiger partial charge < -0.3 is 5.32 Å². The zero-order chi connectivity index (χ0) is 11.3. The SMILES string of the molecule is CCCNC(CC)C(C)c1nnc(C)s1. The molecule has 15 heavy (non-hydrogen) atoms. The Morgan fingerprint density at radius 1 is 1.33 bits per heavy atom. The minimum Gasteiger partial charge on any atom is -0.313 e. The first kappa shape index (κ1) is 12.6. The summed E-state index contributed by atoms with van der Waals surface area (Å²) in [6.45, 7) is 9.74. The van der Waals surface area contributed by atoms with Crippen molar-refractivity contribution in [3.05, 3.63) is 10.0 Å². The third-order valence-corrected chi connectivity index (χ3v) is 3.67. The topological polar surface area (TPSA) is 37.8 Å². The predicted octanol–water partition coefficient (Wildman–Crippen LogP) is 2.73. The fourth-order valence-electron chi connectivity index (χ4n) is 1.67. The smallest absolute Gasteiger partial charge is 0.121 e. The highest BCUT2D eigenvalue weighted by Gasteiger charge is 2.19. The van der Waals surface area contributed by atoms with Gasteiger partial charge in [-0.25, -0.2) is 0 Å². The number of aryl methyl sites for hydroxylation is 1. The van der Waals surface area contributed by atoms with Crippen LogP contribution in [0.4, 0.5) is 0 Å². The minimum atomic E-state index is 0.466. The summed E-state index contributed by atoms with van der Waals surface area (Å²) in [7, 11) is 0. The summed E-state index contributed by atoms with van der Waals surface area (Å²) in [4.78, 5) is 0. The van der Waals surface area contributed by atoms with E-state index in [0.717, 1.165) is 23.0 Å². The Balaban J connectivity index is 2.59. The molecule has 0 amide bonds. The lowest BCUT2D eigenvalue weighted by Crippen LogP contribution is -2.33. The second kappa shape index (κ2) is 6.18. The van der Waals surface area contributed by atoms with E-state index in [2.05, 4.69) is 36.3 Å². The third-order valence-electron chi connectivity index (χ3n) is 2.63. The zero-order valence-electron chi connectivity index (χ0n) is 10.1. The van der Waals surface area contributed by atoms with Gasteiger partial charge in [0.15, 0.2) is 0 Å². The molecule has 0 saturated heterocycles. The fraction of sp³-hybridized carbons (Fsp3) is 0.818. The normalized spacial score (nSPS) is 15.2. The van der Waals surface area contributed by atoms with Gasteiger partial charge in [-0.15, -0.1) is 21.5 Å². The van der Waals surface area contributed by atoms with Crippen LogP contribution in [-0.4, -0.2) is 22.8 Å². The lowest BCUT2D eigenvalue weighted by Gasteiger charge is -2.21. The van der Waals surface area contributed by atoms with Crippen LogP contribution in [0.1, 0.15) is 49.5 Å². The van der Waals surface area contributed by atoms with E-state index in [4.69, 9.17) is 0 Å². The Kier molecular flexibility index (Phi) is 5.19. The molecule has 0 aliphatic carbocycles. The molecule has 1 aromatic rings. The van der Waals surface area contributed by atoms with Crippen LogP contribution in [0, 0.1) is 6.92 Å². The van der Waals surface area contributed by atoms with Gasteiger partial charge in [0.25, 0.3) is 0 Å². The maximum absolute atomic E-state index is 4.22. The lowest BCUT2D eigenvalue weighted by atomic mass is 10.0. The molecule has 3 nitrogen and oxygen atoms in total. The summed E-state index contributed by atoms with van der Waals surface area (Å²) >= 11 is 1.71. The van der Waals surface area contributed by atoms with Gasteiger partial charge in [0.2, 0.25) is 0 Å². The summed E-state index contributed by atoms with van der Waals surface area (Å²) in [5.41, 5.74) is 0. The van der Waals surface area contributed by atoms with Crippen molar-refractivity contribution in [1.82, 2.24) is 15.5 Å². The van der Waals surface area contributed by atoms with Crippen LogP contribution in [0.3, 0.4) is 0 Å². The molecule has 86 valence electrons. The summed E-state index contributed by atoms with van der Waals surface area (Å²) in [5.74, 6) is 0.466. The number of nitrogens with one attached hydrogen (secondary N) is 1. The van der Waals surface area contributed by atoms with Crippen LogP contribution in [0.25, 0.3) is 0 Å². The number of rotatable bonds is 6. The fourth-order valence-corrected chi connectivity index (χ4v) is 2.49. The van der Waals surface area contributed by atoms with Crippen molar-refractivity contribution >= 4 is 11.3 Å². The molecule has 0 aliphatic rings. The molecule has 0 fully saturated rings. The van der Waals surface area contributed by atoms with Crippen molar-refractivity contribution in [2.24, 2.45) is 0 Å².